The number of hydrogen-bond acceptors (Lipinski definition) is 5. The Morgan fingerprint density at radius 1 is 1.32 bits per heavy atom. The smallest absolute Gasteiger partial charge is 0.225 e. The van der Waals surface area contributed by atoms with Crippen LogP contribution in [0.3, 0.4) is 0 Å². The Labute approximate surface area is 165 Å². The molecule has 0 unspecified atom stereocenters. The molecule has 1 amide bonds. The highest BCUT2D eigenvalue weighted by Crippen LogP contribution is 2.34. The van der Waals surface area contributed by atoms with Crippen LogP contribution in [0.1, 0.15) is 30.9 Å². The number of aromatic nitrogens is 2. The monoisotopic (exact) mass is 386 g/mol. The predicted molar refractivity (Wildman–Crippen MR) is 107 cm³/mol. The molecule has 0 radical (unpaired) electrons. The number of ether oxygens (including phenoxy) is 1. The number of halogens is 1. The second-order valence-corrected chi connectivity index (χ2v) is 7.29. The van der Waals surface area contributed by atoms with Crippen molar-refractivity contribution in [2.45, 2.75) is 25.2 Å². The molecule has 2 heterocycles. The molecular formula is C21H27FN4O2. The van der Waals surface area contributed by atoms with Crippen molar-refractivity contribution in [2.75, 3.05) is 45.8 Å². The molecular weight excluding hydrogens is 359 g/mol. The normalized spacial score (nSPS) is 16.9. The number of carbonyl (C=O) groups is 1. The topological polar surface area (TPSA) is 58.6 Å². The van der Waals surface area contributed by atoms with Crippen molar-refractivity contribution in [3.8, 4) is 11.1 Å². The fraction of sp³-hybridized carbons (Fsp3) is 0.476. The molecule has 1 saturated heterocycles. The highest BCUT2D eigenvalue weighted by molar-refractivity contribution is 5.76. The average Bonchev–Trinajstić information content (AvgIpc) is 2.72. The number of benzene rings is 1. The van der Waals surface area contributed by atoms with E-state index in [-0.39, 0.29) is 17.6 Å². The molecule has 1 aliphatic heterocycles. The summed E-state index contributed by atoms with van der Waals surface area (Å²) in [7, 11) is 5.40. The maximum absolute atomic E-state index is 13.4. The van der Waals surface area contributed by atoms with Crippen molar-refractivity contribution >= 4 is 11.9 Å². The van der Waals surface area contributed by atoms with Gasteiger partial charge in [0.15, 0.2) is 0 Å². The molecule has 0 saturated carbocycles. The van der Waals surface area contributed by atoms with Gasteiger partial charge in [0, 0.05) is 52.0 Å². The van der Waals surface area contributed by atoms with Crippen LogP contribution in [-0.4, -0.2) is 61.7 Å². The Morgan fingerprint density at radius 2 is 2.07 bits per heavy atom. The third-order valence-electron chi connectivity index (χ3n) is 5.04. The quantitative estimate of drug-likeness (QED) is 0.764. The van der Waals surface area contributed by atoms with Crippen molar-refractivity contribution in [3.05, 3.63) is 42.0 Å². The molecule has 28 heavy (non-hydrogen) atoms. The second kappa shape index (κ2) is 9.10. The van der Waals surface area contributed by atoms with Crippen molar-refractivity contribution in [1.29, 1.82) is 0 Å². The van der Waals surface area contributed by atoms with Crippen LogP contribution in [0.2, 0.25) is 0 Å². The van der Waals surface area contributed by atoms with Crippen LogP contribution in [0.4, 0.5) is 10.3 Å². The lowest BCUT2D eigenvalue weighted by Crippen LogP contribution is -2.39. The van der Waals surface area contributed by atoms with Gasteiger partial charge >= 0.3 is 0 Å². The third kappa shape index (κ3) is 4.65. The van der Waals surface area contributed by atoms with Gasteiger partial charge in [-0.2, -0.15) is 0 Å². The molecule has 2 aromatic rings. The maximum Gasteiger partial charge on any atom is 0.225 e. The van der Waals surface area contributed by atoms with E-state index in [2.05, 4.69) is 4.98 Å². The average molecular weight is 386 g/mol. The number of amides is 1. The number of hydrogen-bond donors (Lipinski definition) is 0. The van der Waals surface area contributed by atoms with Crippen molar-refractivity contribution in [1.82, 2.24) is 14.9 Å². The summed E-state index contributed by atoms with van der Waals surface area (Å²) in [5.74, 6) is 0.575. The Balaban J connectivity index is 1.92. The van der Waals surface area contributed by atoms with E-state index in [4.69, 9.17) is 9.72 Å². The van der Waals surface area contributed by atoms with E-state index in [0.29, 0.717) is 25.5 Å². The minimum absolute atomic E-state index is 0.108. The molecule has 0 bridgehead atoms. The van der Waals surface area contributed by atoms with Gasteiger partial charge in [-0.15, -0.1) is 0 Å². The molecule has 1 fully saturated rings. The van der Waals surface area contributed by atoms with Gasteiger partial charge in [0.05, 0.1) is 18.7 Å². The van der Waals surface area contributed by atoms with Crippen molar-refractivity contribution in [2.24, 2.45) is 0 Å². The van der Waals surface area contributed by atoms with E-state index < -0.39 is 0 Å². The molecule has 0 spiro atoms. The Bertz CT molecular complexity index is 811. The predicted octanol–water partition coefficient (Wildman–Crippen LogP) is 3.09. The van der Waals surface area contributed by atoms with Crippen LogP contribution in [0.5, 0.6) is 0 Å². The molecule has 3 rings (SSSR count). The fourth-order valence-electron chi connectivity index (χ4n) is 3.54. The van der Waals surface area contributed by atoms with Gasteiger partial charge in [-0.3, -0.25) is 4.79 Å². The molecule has 0 N–H and O–H groups in total. The lowest BCUT2D eigenvalue weighted by atomic mass is 9.89. The first-order chi connectivity index (χ1) is 13.5. The maximum atomic E-state index is 13.4. The summed E-state index contributed by atoms with van der Waals surface area (Å²) in [4.78, 5) is 25.5. The molecule has 1 aromatic carbocycles. The summed E-state index contributed by atoms with van der Waals surface area (Å²) in [6.07, 6.45) is 4.07. The van der Waals surface area contributed by atoms with Crippen LogP contribution in [0, 0.1) is 5.82 Å². The summed E-state index contributed by atoms with van der Waals surface area (Å²) in [6, 6.07) is 6.38. The van der Waals surface area contributed by atoms with Gasteiger partial charge in [-0.1, -0.05) is 12.1 Å². The number of methoxy groups -OCH3 is 1. The van der Waals surface area contributed by atoms with E-state index in [1.807, 2.05) is 23.9 Å². The molecule has 1 aromatic heterocycles. The number of carbonyl (C=O) groups excluding carboxylic acids is 1. The number of anilines is 1. The Morgan fingerprint density at radius 3 is 2.75 bits per heavy atom. The van der Waals surface area contributed by atoms with Gasteiger partial charge in [-0.25, -0.2) is 14.4 Å². The number of nitrogens with zero attached hydrogens (tertiary/aromatic N) is 4. The SMILES string of the molecule is COCCC(=O)N1CCC[C@H](c2nc(N(C)C)ncc2-c2ccc(F)cc2)C1. The highest BCUT2D eigenvalue weighted by atomic mass is 19.1. The molecule has 0 aliphatic carbocycles. The van der Waals surface area contributed by atoms with Gasteiger partial charge in [0.25, 0.3) is 0 Å². The van der Waals surface area contributed by atoms with Gasteiger partial charge in [0.1, 0.15) is 5.82 Å². The second-order valence-electron chi connectivity index (χ2n) is 7.29. The molecule has 7 heteroatoms. The van der Waals surface area contributed by atoms with E-state index in [9.17, 15) is 9.18 Å². The lowest BCUT2D eigenvalue weighted by Gasteiger charge is -2.33. The number of rotatable bonds is 6. The van der Waals surface area contributed by atoms with Gasteiger partial charge < -0.3 is 14.5 Å². The van der Waals surface area contributed by atoms with Crippen molar-refractivity contribution in [3.63, 3.8) is 0 Å². The molecule has 1 aliphatic rings. The summed E-state index contributed by atoms with van der Waals surface area (Å²) < 4.78 is 18.4. The van der Waals surface area contributed by atoms with E-state index in [1.54, 1.807) is 25.4 Å². The third-order valence-corrected chi connectivity index (χ3v) is 5.04. The molecule has 1 atom stereocenters. The molecule has 6 nitrogen and oxygen atoms in total. The lowest BCUT2D eigenvalue weighted by molar-refractivity contribution is -0.133. The van der Waals surface area contributed by atoms with E-state index in [1.165, 1.54) is 12.1 Å². The minimum Gasteiger partial charge on any atom is -0.384 e. The first-order valence-corrected chi connectivity index (χ1v) is 9.56. The minimum atomic E-state index is -0.274. The largest absolute Gasteiger partial charge is 0.384 e. The summed E-state index contributed by atoms with van der Waals surface area (Å²) >= 11 is 0. The van der Waals surface area contributed by atoms with E-state index in [0.717, 1.165) is 36.2 Å². The number of likely N-dealkylation sites (tertiary alicyclic amines) is 1. The van der Waals surface area contributed by atoms with Gasteiger partial charge in [0.2, 0.25) is 11.9 Å². The number of piperidine rings is 1. The zero-order valence-corrected chi connectivity index (χ0v) is 16.7. The fourth-order valence-corrected chi connectivity index (χ4v) is 3.54. The van der Waals surface area contributed by atoms with Crippen LogP contribution in [-0.2, 0) is 9.53 Å². The standard InChI is InChI=1S/C21H27FN4O2/c1-25(2)21-23-13-18(15-6-8-17(22)9-7-15)20(24-21)16-5-4-11-26(14-16)19(27)10-12-28-3/h6-9,13,16H,4-5,10-12,14H2,1-3H3/t16-/m0/s1. The summed E-state index contributed by atoms with van der Waals surface area (Å²) in [6.45, 7) is 1.82. The zero-order chi connectivity index (χ0) is 20.1. The Hall–Kier alpha value is -2.54. The van der Waals surface area contributed by atoms with Crippen molar-refractivity contribution < 1.29 is 13.9 Å². The van der Waals surface area contributed by atoms with Crippen LogP contribution in [0.15, 0.2) is 30.5 Å². The summed E-state index contributed by atoms with van der Waals surface area (Å²) in [5.41, 5.74) is 2.68. The van der Waals surface area contributed by atoms with Crippen LogP contribution >= 0.6 is 0 Å². The molecule has 150 valence electrons. The van der Waals surface area contributed by atoms with Gasteiger partial charge in [-0.05, 0) is 30.5 Å². The van der Waals surface area contributed by atoms with Crippen LogP contribution in [0.25, 0.3) is 11.1 Å². The first-order valence-electron chi connectivity index (χ1n) is 9.56. The zero-order valence-electron chi connectivity index (χ0n) is 16.7. The Kier molecular flexibility index (Phi) is 6.57. The van der Waals surface area contributed by atoms with Crippen LogP contribution < -0.4 is 4.90 Å². The highest BCUT2D eigenvalue weighted by Gasteiger charge is 2.28. The van der Waals surface area contributed by atoms with E-state index >= 15 is 0 Å². The first kappa shape index (κ1) is 20.2. The summed E-state index contributed by atoms with van der Waals surface area (Å²) in [5, 5.41) is 0.